The van der Waals surface area contributed by atoms with Crippen LogP contribution in [0.2, 0.25) is 0 Å². The van der Waals surface area contributed by atoms with Gasteiger partial charge in [0.1, 0.15) is 11.3 Å². The Labute approximate surface area is 210 Å². The summed E-state index contributed by atoms with van der Waals surface area (Å²) in [5.41, 5.74) is 0. The molecule has 0 unspecified atom stereocenters. The Balaban J connectivity index is 2.19. The molecule has 0 radical (unpaired) electrons. The largest absolute Gasteiger partial charge is 0.391 e. The minimum absolute atomic E-state index is 0.0875. The van der Waals surface area contributed by atoms with Crippen LogP contribution in [0.3, 0.4) is 0 Å². The van der Waals surface area contributed by atoms with Crippen molar-refractivity contribution in [3.05, 3.63) is 25.3 Å². The molecule has 1 saturated heterocycles. The number of β-amino-alcohol motifs (C(OH)–C–C–N with tert-alkyl or cyclic N) is 1. The predicted molar refractivity (Wildman–Crippen MR) is 137 cm³/mol. The van der Waals surface area contributed by atoms with Gasteiger partial charge in [-0.1, -0.05) is 25.0 Å². The third-order valence-corrected chi connectivity index (χ3v) is 9.65. The van der Waals surface area contributed by atoms with E-state index in [2.05, 4.69) is 18.5 Å². The lowest BCUT2D eigenvalue weighted by Crippen LogP contribution is -2.54. The highest BCUT2D eigenvalue weighted by molar-refractivity contribution is 7.56. The molecule has 0 bridgehead atoms. The summed E-state index contributed by atoms with van der Waals surface area (Å²) in [6, 6.07) is -1.26. The van der Waals surface area contributed by atoms with Gasteiger partial charge in [0.25, 0.3) is 0 Å². The van der Waals surface area contributed by atoms with Crippen molar-refractivity contribution in [3.8, 4) is 0 Å². The Morgan fingerprint density at radius 3 is 2.40 bits per heavy atom. The van der Waals surface area contributed by atoms with Crippen molar-refractivity contribution in [1.82, 2.24) is 15.1 Å². The fourth-order valence-electron chi connectivity index (χ4n) is 4.89. The SMILES string of the molecule is C=CCCCCC[C@@H](C(=O)N1C[C@H](O)C[C@H]1C(=O)N[C@]1(P(=O)(OCC)OCC)C[C@H]1C=C)N(C)C. The van der Waals surface area contributed by atoms with Crippen LogP contribution in [0.4, 0.5) is 0 Å². The third kappa shape index (κ3) is 6.83. The van der Waals surface area contributed by atoms with Gasteiger partial charge < -0.3 is 24.4 Å². The Hall–Kier alpha value is -1.51. The number of unbranched alkanes of at least 4 members (excludes halogenated alkanes) is 3. The minimum Gasteiger partial charge on any atom is -0.391 e. The average molecular weight is 514 g/mol. The van der Waals surface area contributed by atoms with Crippen LogP contribution in [0.5, 0.6) is 0 Å². The number of amides is 2. The number of aliphatic hydroxyl groups is 1. The van der Waals surface area contributed by atoms with E-state index < -0.39 is 37.0 Å². The van der Waals surface area contributed by atoms with Crippen LogP contribution in [-0.2, 0) is 23.2 Å². The highest BCUT2D eigenvalue weighted by Gasteiger charge is 2.68. The van der Waals surface area contributed by atoms with Crippen molar-refractivity contribution in [2.24, 2.45) is 5.92 Å². The number of hydrogen-bond acceptors (Lipinski definition) is 7. The van der Waals surface area contributed by atoms with Crippen molar-refractivity contribution in [3.63, 3.8) is 0 Å². The second-order valence-corrected chi connectivity index (χ2v) is 11.9. The molecule has 2 rings (SSSR count). The quantitative estimate of drug-likeness (QED) is 0.185. The van der Waals surface area contributed by atoms with Crippen molar-refractivity contribution < 1.29 is 28.3 Å². The highest BCUT2D eigenvalue weighted by Crippen LogP contribution is 2.72. The number of carbonyl (C=O) groups excluding carboxylic acids is 2. The molecule has 5 atom stereocenters. The molecule has 2 N–H and O–H groups in total. The van der Waals surface area contributed by atoms with Crippen LogP contribution in [-0.4, -0.2) is 84.0 Å². The first kappa shape index (κ1) is 29.7. The number of nitrogens with one attached hydrogen (secondary N) is 1. The van der Waals surface area contributed by atoms with Gasteiger partial charge in [-0.25, -0.2) is 0 Å². The number of hydrogen-bond donors (Lipinski definition) is 2. The number of carbonyl (C=O) groups is 2. The number of aliphatic hydroxyl groups excluding tert-OH is 1. The highest BCUT2D eigenvalue weighted by atomic mass is 31.2. The molecule has 2 fully saturated rings. The molecule has 1 heterocycles. The fourth-order valence-corrected chi connectivity index (χ4v) is 7.28. The van der Waals surface area contributed by atoms with E-state index in [9.17, 15) is 19.3 Å². The van der Waals surface area contributed by atoms with Crippen LogP contribution in [0.15, 0.2) is 25.3 Å². The molecule has 0 aromatic carbocycles. The number of rotatable bonds is 16. The molecule has 35 heavy (non-hydrogen) atoms. The first-order valence-electron chi connectivity index (χ1n) is 12.7. The van der Waals surface area contributed by atoms with Crippen LogP contribution in [0, 0.1) is 5.92 Å². The minimum atomic E-state index is -3.68. The van der Waals surface area contributed by atoms with Crippen molar-refractivity contribution >= 4 is 19.4 Å². The molecule has 1 saturated carbocycles. The Morgan fingerprint density at radius 1 is 1.23 bits per heavy atom. The van der Waals surface area contributed by atoms with E-state index in [-0.39, 0.29) is 38.0 Å². The molecule has 1 aliphatic carbocycles. The van der Waals surface area contributed by atoms with Gasteiger partial charge in [-0.3, -0.25) is 19.1 Å². The number of allylic oxidation sites excluding steroid dienone is 1. The van der Waals surface area contributed by atoms with E-state index in [0.717, 1.165) is 25.7 Å². The summed E-state index contributed by atoms with van der Waals surface area (Å²) >= 11 is 0. The van der Waals surface area contributed by atoms with Gasteiger partial charge in [-0.15, -0.1) is 13.2 Å². The summed E-state index contributed by atoms with van der Waals surface area (Å²) in [7, 11) is 0.0187. The zero-order valence-electron chi connectivity index (χ0n) is 21.8. The second-order valence-electron chi connectivity index (χ2n) is 9.59. The summed E-state index contributed by atoms with van der Waals surface area (Å²) in [6.07, 6.45) is 7.75. The normalized spacial score (nSPS) is 27.0. The van der Waals surface area contributed by atoms with Gasteiger partial charge in [0.15, 0.2) is 0 Å². The average Bonchev–Trinajstić information content (AvgIpc) is 3.39. The molecular formula is C25H44N3O6P. The van der Waals surface area contributed by atoms with Gasteiger partial charge in [-0.05, 0) is 53.6 Å². The van der Waals surface area contributed by atoms with E-state index in [1.54, 1.807) is 19.9 Å². The topological polar surface area (TPSA) is 108 Å². The van der Waals surface area contributed by atoms with E-state index in [0.29, 0.717) is 12.8 Å². The lowest BCUT2D eigenvalue weighted by atomic mass is 10.0. The number of likely N-dealkylation sites (tertiary alicyclic amines) is 1. The van der Waals surface area contributed by atoms with Gasteiger partial charge in [-0.2, -0.15) is 0 Å². The van der Waals surface area contributed by atoms with Crippen molar-refractivity contribution in [2.45, 2.75) is 82.3 Å². The molecule has 200 valence electrons. The van der Waals surface area contributed by atoms with Crippen LogP contribution < -0.4 is 5.32 Å². The van der Waals surface area contributed by atoms with Gasteiger partial charge >= 0.3 is 7.60 Å². The van der Waals surface area contributed by atoms with Gasteiger partial charge in [0, 0.05) is 18.9 Å². The van der Waals surface area contributed by atoms with E-state index in [4.69, 9.17) is 9.05 Å². The molecule has 10 heteroatoms. The Morgan fingerprint density at radius 2 is 1.89 bits per heavy atom. The molecule has 2 amide bonds. The summed E-state index contributed by atoms with van der Waals surface area (Å²) in [5, 5.41) is 12.1. The van der Waals surface area contributed by atoms with Crippen LogP contribution >= 0.6 is 7.60 Å². The van der Waals surface area contributed by atoms with E-state index in [1.165, 1.54) is 4.90 Å². The Bertz CT molecular complexity index is 796. The molecule has 9 nitrogen and oxygen atoms in total. The lowest BCUT2D eigenvalue weighted by Gasteiger charge is -2.33. The Kier molecular flexibility index (Phi) is 11.2. The monoisotopic (exact) mass is 513 g/mol. The van der Waals surface area contributed by atoms with Crippen molar-refractivity contribution in [2.75, 3.05) is 33.9 Å². The smallest absolute Gasteiger partial charge is 0.356 e. The van der Waals surface area contributed by atoms with Gasteiger partial charge in [0.2, 0.25) is 11.8 Å². The van der Waals surface area contributed by atoms with Gasteiger partial charge in [0.05, 0.1) is 25.4 Å². The molecular weight excluding hydrogens is 469 g/mol. The molecule has 0 spiro atoms. The number of nitrogens with zero attached hydrogens (tertiary/aromatic N) is 2. The summed E-state index contributed by atoms with van der Waals surface area (Å²) in [6.45, 7) is 11.4. The molecule has 1 aliphatic heterocycles. The molecule has 0 aromatic rings. The van der Waals surface area contributed by atoms with E-state index in [1.807, 2.05) is 25.1 Å². The van der Waals surface area contributed by atoms with Crippen LogP contribution in [0.1, 0.15) is 58.8 Å². The molecule has 2 aliphatic rings. The maximum absolute atomic E-state index is 13.6. The maximum Gasteiger partial charge on any atom is 0.356 e. The first-order chi connectivity index (χ1) is 16.6. The zero-order valence-corrected chi connectivity index (χ0v) is 22.7. The lowest BCUT2D eigenvalue weighted by molar-refractivity contribution is -0.142. The predicted octanol–water partition coefficient (Wildman–Crippen LogP) is 3.30. The second kappa shape index (κ2) is 13.2. The van der Waals surface area contributed by atoms with Crippen molar-refractivity contribution in [1.29, 1.82) is 0 Å². The summed E-state index contributed by atoms with van der Waals surface area (Å²) < 4.78 is 24.8. The first-order valence-corrected chi connectivity index (χ1v) is 14.2. The number of likely N-dealkylation sites (N-methyl/N-ethyl adjacent to an activating group) is 1. The zero-order chi connectivity index (χ0) is 26.2. The summed E-state index contributed by atoms with van der Waals surface area (Å²) in [4.78, 5) is 30.4. The third-order valence-electron chi connectivity index (χ3n) is 6.85. The fraction of sp³-hybridized carbons (Fsp3) is 0.760. The summed E-state index contributed by atoms with van der Waals surface area (Å²) in [5.74, 6) is -0.906. The maximum atomic E-state index is 13.6. The van der Waals surface area contributed by atoms with E-state index >= 15 is 0 Å². The standard InChI is InChI=1S/C25H44N3O6P/c1-7-11-12-13-14-15-21(27(5)6)24(31)28-18-20(29)16-22(28)23(30)26-25(17-19(25)8-2)35(32,33-9-3)34-10-4/h7-8,19-22,29H,1-2,9-18H2,3-6H3,(H,26,30)/t19-,20-,21+,22+,25+/m1/s1. The van der Waals surface area contributed by atoms with Crippen LogP contribution in [0.25, 0.3) is 0 Å². The molecule has 0 aromatic heterocycles.